The van der Waals surface area contributed by atoms with Crippen molar-refractivity contribution >= 4 is 46.4 Å². The van der Waals surface area contributed by atoms with Gasteiger partial charge in [0.05, 0.1) is 16.4 Å². The molecule has 160 valence electrons. The highest BCUT2D eigenvalue weighted by molar-refractivity contribution is 6.36. The number of nitrogens with zero attached hydrogens (tertiary/aromatic N) is 2. The highest BCUT2D eigenvalue weighted by Crippen LogP contribution is 2.32. The number of hydrogen-bond acceptors (Lipinski definition) is 4. The molecule has 0 atom stereocenters. The summed E-state index contributed by atoms with van der Waals surface area (Å²) >= 11 is 12.2. The molecule has 1 saturated heterocycles. The van der Waals surface area contributed by atoms with Crippen LogP contribution in [0.5, 0.6) is 0 Å². The lowest BCUT2D eigenvalue weighted by atomic mass is 10.2. The SMILES string of the molecule is CC(=O)N1CCN(c2ccccc2NC(=O)c2ccc(-c3ccc(Cl)cc3Cl)o2)CC1. The molecule has 31 heavy (non-hydrogen) atoms. The van der Waals surface area contributed by atoms with Gasteiger partial charge >= 0.3 is 0 Å². The molecular weight excluding hydrogens is 437 g/mol. The standard InChI is InChI=1S/C23H21Cl2N3O3/c1-15(29)27-10-12-28(13-11-27)20-5-3-2-4-19(20)26-23(30)22-9-8-21(31-22)17-7-6-16(24)14-18(17)25/h2-9,14H,10-13H2,1H3,(H,26,30). The maximum absolute atomic E-state index is 12.8. The minimum Gasteiger partial charge on any atom is -0.451 e. The van der Waals surface area contributed by atoms with Crippen molar-refractivity contribution in [3.63, 3.8) is 0 Å². The Morgan fingerprint density at radius 2 is 1.71 bits per heavy atom. The molecule has 0 aliphatic carbocycles. The van der Waals surface area contributed by atoms with Gasteiger partial charge in [-0.15, -0.1) is 0 Å². The summed E-state index contributed by atoms with van der Waals surface area (Å²) in [5.74, 6) is 0.388. The Bertz CT molecular complexity index is 1120. The first kappa shape index (κ1) is 21.3. The summed E-state index contributed by atoms with van der Waals surface area (Å²) in [5.41, 5.74) is 2.26. The number of para-hydroxylation sites is 2. The van der Waals surface area contributed by atoms with Gasteiger partial charge in [-0.3, -0.25) is 9.59 Å². The molecule has 1 aliphatic rings. The Balaban J connectivity index is 1.50. The molecule has 1 aromatic heterocycles. The van der Waals surface area contributed by atoms with Crippen molar-refractivity contribution in [3.8, 4) is 11.3 Å². The Morgan fingerprint density at radius 1 is 0.968 bits per heavy atom. The fourth-order valence-electron chi connectivity index (χ4n) is 3.60. The second-order valence-corrected chi connectivity index (χ2v) is 8.10. The summed E-state index contributed by atoms with van der Waals surface area (Å²) < 4.78 is 5.75. The van der Waals surface area contributed by atoms with Crippen molar-refractivity contribution in [3.05, 3.63) is 70.4 Å². The fourth-order valence-corrected chi connectivity index (χ4v) is 4.10. The molecule has 1 aliphatic heterocycles. The first-order valence-electron chi connectivity index (χ1n) is 9.88. The monoisotopic (exact) mass is 457 g/mol. The number of hydrogen-bond donors (Lipinski definition) is 1. The summed E-state index contributed by atoms with van der Waals surface area (Å²) in [7, 11) is 0. The third-order valence-electron chi connectivity index (χ3n) is 5.24. The zero-order chi connectivity index (χ0) is 22.0. The van der Waals surface area contributed by atoms with Crippen LogP contribution in [-0.2, 0) is 4.79 Å². The molecule has 1 N–H and O–H groups in total. The minimum absolute atomic E-state index is 0.0793. The van der Waals surface area contributed by atoms with Crippen molar-refractivity contribution in [1.29, 1.82) is 0 Å². The van der Waals surface area contributed by atoms with Crippen molar-refractivity contribution in [1.82, 2.24) is 4.90 Å². The van der Waals surface area contributed by atoms with E-state index in [9.17, 15) is 9.59 Å². The number of amides is 2. The molecule has 3 aromatic rings. The Hall–Kier alpha value is -2.96. The number of rotatable bonds is 4. The summed E-state index contributed by atoms with van der Waals surface area (Å²) in [6.07, 6.45) is 0. The molecule has 2 heterocycles. The zero-order valence-corrected chi connectivity index (χ0v) is 18.4. The van der Waals surface area contributed by atoms with E-state index in [2.05, 4.69) is 10.2 Å². The van der Waals surface area contributed by atoms with Gasteiger partial charge in [0.15, 0.2) is 5.76 Å². The second-order valence-electron chi connectivity index (χ2n) is 7.25. The van der Waals surface area contributed by atoms with Gasteiger partial charge in [0.2, 0.25) is 5.91 Å². The van der Waals surface area contributed by atoms with E-state index in [1.165, 1.54) is 0 Å². The van der Waals surface area contributed by atoms with E-state index in [0.717, 1.165) is 5.69 Å². The average Bonchev–Trinajstić information content (AvgIpc) is 3.24. The highest BCUT2D eigenvalue weighted by atomic mass is 35.5. The highest BCUT2D eigenvalue weighted by Gasteiger charge is 2.22. The van der Waals surface area contributed by atoms with Crippen LogP contribution in [0, 0.1) is 0 Å². The minimum atomic E-state index is -0.355. The third kappa shape index (κ3) is 4.70. The summed E-state index contributed by atoms with van der Waals surface area (Å²) in [4.78, 5) is 28.4. The smallest absolute Gasteiger partial charge is 0.291 e. The van der Waals surface area contributed by atoms with E-state index in [4.69, 9.17) is 27.6 Å². The number of furan rings is 1. The van der Waals surface area contributed by atoms with Crippen molar-refractivity contribution in [2.75, 3.05) is 36.4 Å². The van der Waals surface area contributed by atoms with Crippen LogP contribution >= 0.6 is 23.2 Å². The molecule has 0 bridgehead atoms. The van der Waals surface area contributed by atoms with Crippen LogP contribution in [-0.4, -0.2) is 42.9 Å². The van der Waals surface area contributed by atoms with E-state index in [0.29, 0.717) is 53.2 Å². The molecule has 2 aromatic carbocycles. The predicted octanol–water partition coefficient (Wildman–Crippen LogP) is 5.17. The number of anilines is 2. The Morgan fingerprint density at radius 3 is 2.42 bits per heavy atom. The van der Waals surface area contributed by atoms with E-state index >= 15 is 0 Å². The Labute approximate surface area is 190 Å². The van der Waals surface area contributed by atoms with Crippen LogP contribution in [0.2, 0.25) is 10.0 Å². The lowest BCUT2D eigenvalue weighted by Crippen LogP contribution is -2.48. The first-order chi connectivity index (χ1) is 14.9. The van der Waals surface area contributed by atoms with Gasteiger partial charge in [0, 0.05) is 43.7 Å². The normalized spacial score (nSPS) is 13.9. The van der Waals surface area contributed by atoms with Crippen LogP contribution in [0.15, 0.2) is 59.0 Å². The number of benzene rings is 2. The summed E-state index contributed by atoms with van der Waals surface area (Å²) in [6.45, 7) is 4.29. The van der Waals surface area contributed by atoms with Crippen molar-refractivity contribution < 1.29 is 14.0 Å². The lowest BCUT2D eigenvalue weighted by Gasteiger charge is -2.36. The summed E-state index contributed by atoms with van der Waals surface area (Å²) in [5, 5.41) is 3.91. The fraction of sp³-hybridized carbons (Fsp3) is 0.217. The molecule has 4 rings (SSSR count). The van der Waals surface area contributed by atoms with E-state index in [-0.39, 0.29) is 17.6 Å². The number of carbonyl (C=O) groups is 2. The Kier molecular flexibility index (Phi) is 6.20. The second kappa shape index (κ2) is 9.04. The first-order valence-corrected chi connectivity index (χ1v) is 10.6. The van der Waals surface area contributed by atoms with Crippen LogP contribution in [0.4, 0.5) is 11.4 Å². The maximum Gasteiger partial charge on any atom is 0.291 e. The molecule has 0 radical (unpaired) electrons. The largest absolute Gasteiger partial charge is 0.451 e. The van der Waals surface area contributed by atoms with Gasteiger partial charge < -0.3 is 19.5 Å². The molecule has 6 nitrogen and oxygen atoms in total. The molecule has 2 amide bonds. The zero-order valence-electron chi connectivity index (χ0n) is 16.9. The van der Waals surface area contributed by atoms with Crippen LogP contribution < -0.4 is 10.2 Å². The van der Waals surface area contributed by atoms with Gasteiger partial charge in [0.25, 0.3) is 5.91 Å². The predicted molar refractivity (Wildman–Crippen MR) is 123 cm³/mol. The number of carbonyl (C=O) groups excluding carboxylic acids is 2. The van der Waals surface area contributed by atoms with E-state index in [1.54, 1.807) is 37.3 Å². The quantitative estimate of drug-likeness (QED) is 0.586. The molecular formula is C23H21Cl2N3O3. The third-order valence-corrected chi connectivity index (χ3v) is 5.79. The van der Waals surface area contributed by atoms with Gasteiger partial charge in [-0.2, -0.15) is 0 Å². The average molecular weight is 458 g/mol. The van der Waals surface area contributed by atoms with E-state index in [1.807, 2.05) is 29.2 Å². The molecule has 1 fully saturated rings. The van der Waals surface area contributed by atoms with Crippen LogP contribution in [0.25, 0.3) is 11.3 Å². The van der Waals surface area contributed by atoms with Gasteiger partial charge in [-0.25, -0.2) is 0 Å². The van der Waals surface area contributed by atoms with Gasteiger partial charge in [-0.1, -0.05) is 35.3 Å². The molecule has 0 unspecified atom stereocenters. The molecule has 0 spiro atoms. The van der Waals surface area contributed by atoms with Gasteiger partial charge in [-0.05, 0) is 42.5 Å². The maximum atomic E-state index is 12.8. The van der Waals surface area contributed by atoms with Crippen LogP contribution in [0.3, 0.4) is 0 Å². The van der Waals surface area contributed by atoms with Gasteiger partial charge in [0.1, 0.15) is 5.76 Å². The summed E-state index contributed by atoms with van der Waals surface area (Å²) in [6, 6.07) is 16.0. The number of piperazine rings is 1. The topological polar surface area (TPSA) is 65.8 Å². The van der Waals surface area contributed by atoms with Crippen LogP contribution in [0.1, 0.15) is 17.5 Å². The number of halogens is 2. The number of nitrogens with one attached hydrogen (secondary N) is 1. The van der Waals surface area contributed by atoms with E-state index < -0.39 is 0 Å². The molecule has 8 heteroatoms. The molecule has 0 saturated carbocycles. The van der Waals surface area contributed by atoms with Crippen molar-refractivity contribution in [2.24, 2.45) is 0 Å². The van der Waals surface area contributed by atoms with Crippen molar-refractivity contribution in [2.45, 2.75) is 6.92 Å². The lowest BCUT2D eigenvalue weighted by molar-refractivity contribution is -0.129.